The molecule has 0 saturated carbocycles. The fourth-order valence-corrected chi connectivity index (χ4v) is 2.27. The van der Waals surface area contributed by atoms with Gasteiger partial charge in [0.1, 0.15) is 5.82 Å². The summed E-state index contributed by atoms with van der Waals surface area (Å²) >= 11 is 0. The normalized spacial score (nSPS) is 11.0. The molecule has 0 aliphatic heterocycles. The average Bonchev–Trinajstić information content (AvgIpc) is 3.24. The molecule has 1 amide bonds. The Kier molecular flexibility index (Phi) is 3.46. The highest BCUT2D eigenvalue weighted by Gasteiger charge is 2.13. The molecule has 0 aliphatic rings. The summed E-state index contributed by atoms with van der Waals surface area (Å²) in [4.78, 5) is 17.7. The van der Waals surface area contributed by atoms with Crippen molar-refractivity contribution < 1.29 is 13.7 Å². The molecule has 3 heterocycles. The van der Waals surface area contributed by atoms with Crippen LogP contribution in [0.5, 0.6) is 0 Å². The molecule has 25 heavy (non-hydrogen) atoms. The minimum atomic E-state index is -0.441. The first-order chi connectivity index (χ1) is 12.1. The predicted molar refractivity (Wildman–Crippen MR) is 85.8 cm³/mol. The summed E-state index contributed by atoms with van der Waals surface area (Å²) in [5.41, 5.74) is 2.23. The molecule has 0 bridgehead atoms. The summed E-state index contributed by atoms with van der Waals surface area (Å²) in [6, 6.07) is 7.34. The van der Waals surface area contributed by atoms with Gasteiger partial charge >= 0.3 is 0 Å². The third-order valence-corrected chi connectivity index (χ3v) is 3.55. The van der Waals surface area contributed by atoms with Gasteiger partial charge in [-0.15, -0.1) is 5.10 Å². The van der Waals surface area contributed by atoms with Gasteiger partial charge in [-0.1, -0.05) is 5.16 Å². The fraction of sp³-hybridized carbons (Fsp3) is 0.0625. The summed E-state index contributed by atoms with van der Waals surface area (Å²) in [7, 11) is 0. The third kappa shape index (κ3) is 2.82. The molecular formula is C16H11FN6O2. The Hall–Kier alpha value is -3.62. The molecule has 3 aromatic heterocycles. The number of fused-ring (bicyclic) bond motifs is 1. The van der Waals surface area contributed by atoms with Crippen molar-refractivity contribution in [2.75, 3.05) is 5.32 Å². The molecule has 4 aromatic rings. The molecular weight excluding hydrogens is 327 g/mol. The zero-order chi connectivity index (χ0) is 17.4. The van der Waals surface area contributed by atoms with Crippen molar-refractivity contribution in [2.24, 2.45) is 0 Å². The van der Waals surface area contributed by atoms with Gasteiger partial charge in [-0.2, -0.15) is 9.90 Å². The largest absolute Gasteiger partial charge is 0.336 e. The number of carbonyl (C=O) groups excluding carboxylic acids is 1. The fourth-order valence-electron chi connectivity index (χ4n) is 2.27. The second-order valence-corrected chi connectivity index (χ2v) is 5.29. The molecule has 0 spiro atoms. The molecule has 9 heteroatoms. The number of nitrogens with one attached hydrogen (secondary N) is 1. The summed E-state index contributed by atoms with van der Waals surface area (Å²) in [6.45, 7) is 1.79. The molecule has 0 aliphatic carbocycles. The molecule has 0 saturated heterocycles. The topological polar surface area (TPSA) is 98.7 Å². The van der Waals surface area contributed by atoms with Gasteiger partial charge in [-0.3, -0.25) is 4.79 Å². The summed E-state index contributed by atoms with van der Waals surface area (Å²) < 4.78 is 18.0. The van der Waals surface area contributed by atoms with Crippen molar-refractivity contribution in [1.29, 1.82) is 0 Å². The lowest BCUT2D eigenvalue weighted by Gasteiger charge is -2.02. The van der Waals surface area contributed by atoms with Crippen LogP contribution in [0.3, 0.4) is 0 Å². The van der Waals surface area contributed by atoms with E-state index in [1.165, 1.54) is 41.5 Å². The molecule has 0 radical (unpaired) electrons. The first-order valence-electron chi connectivity index (χ1n) is 7.32. The minimum absolute atomic E-state index is 0.117. The van der Waals surface area contributed by atoms with Crippen LogP contribution in [-0.4, -0.2) is 31.0 Å². The van der Waals surface area contributed by atoms with Crippen LogP contribution in [0.2, 0.25) is 0 Å². The maximum Gasteiger partial charge on any atom is 0.277 e. The molecule has 8 nitrogen and oxygen atoms in total. The second kappa shape index (κ2) is 5.78. The van der Waals surface area contributed by atoms with Crippen LogP contribution in [-0.2, 0) is 0 Å². The van der Waals surface area contributed by atoms with E-state index in [1.54, 1.807) is 13.0 Å². The zero-order valence-electron chi connectivity index (χ0n) is 13.0. The number of aryl methyl sites for hydroxylation is 1. The number of halogens is 1. The Morgan fingerprint density at radius 3 is 2.84 bits per heavy atom. The van der Waals surface area contributed by atoms with Crippen molar-refractivity contribution >= 4 is 22.7 Å². The Morgan fingerprint density at radius 2 is 2.04 bits per heavy atom. The van der Waals surface area contributed by atoms with E-state index < -0.39 is 5.91 Å². The zero-order valence-corrected chi connectivity index (χ0v) is 13.0. The van der Waals surface area contributed by atoms with Gasteiger partial charge in [0.05, 0.1) is 34.8 Å². The van der Waals surface area contributed by atoms with E-state index in [-0.39, 0.29) is 11.5 Å². The van der Waals surface area contributed by atoms with Gasteiger partial charge in [0, 0.05) is 0 Å². The SMILES string of the molecule is Cc1noc2ncc(NC(=O)c3cnn(-c4ccc(F)cc4)n3)cc12. The third-order valence-electron chi connectivity index (χ3n) is 3.55. The van der Waals surface area contributed by atoms with Gasteiger partial charge in [-0.25, -0.2) is 9.37 Å². The van der Waals surface area contributed by atoms with E-state index >= 15 is 0 Å². The summed E-state index contributed by atoms with van der Waals surface area (Å²) in [5.74, 6) is -0.801. The number of pyridine rings is 1. The van der Waals surface area contributed by atoms with Crippen LogP contribution in [0.1, 0.15) is 16.2 Å². The van der Waals surface area contributed by atoms with Crippen molar-refractivity contribution in [3.05, 3.63) is 59.9 Å². The van der Waals surface area contributed by atoms with E-state index in [0.29, 0.717) is 28.2 Å². The number of amides is 1. The summed E-state index contributed by atoms with van der Waals surface area (Å²) in [5, 5.41) is 15.3. The number of carbonyl (C=O) groups is 1. The monoisotopic (exact) mass is 338 g/mol. The van der Waals surface area contributed by atoms with E-state index in [0.717, 1.165) is 0 Å². The first-order valence-corrected chi connectivity index (χ1v) is 7.32. The van der Waals surface area contributed by atoms with Crippen molar-refractivity contribution in [3.63, 3.8) is 0 Å². The van der Waals surface area contributed by atoms with Crippen LogP contribution in [0, 0.1) is 12.7 Å². The van der Waals surface area contributed by atoms with Gasteiger partial charge in [-0.05, 0) is 37.3 Å². The van der Waals surface area contributed by atoms with Crippen molar-refractivity contribution in [3.8, 4) is 5.69 Å². The Labute approximate surface area is 140 Å². The molecule has 0 atom stereocenters. The van der Waals surface area contributed by atoms with E-state index in [4.69, 9.17) is 4.52 Å². The second-order valence-electron chi connectivity index (χ2n) is 5.29. The van der Waals surface area contributed by atoms with Crippen LogP contribution in [0.15, 0.2) is 47.2 Å². The molecule has 0 unspecified atom stereocenters. The standard InChI is InChI=1S/C16H11FN6O2/c1-9-13-6-11(7-18-16(13)25-22-9)20-15(24)14-8-19-23(21-14)12-4-2-10(17)3-5-12/h2-8H,1H3,(H,20,24). The van der Waals surface area contributed by atoms with Crippen LogP contribution >= 0.6 is 0 Å². The number of anilines is 1. The minimum Gasteiger partial charge on any atom is -0.336 e. The number of rotatable bonds is 3. The lowest BCUT2D eigenvalue weighted by Crippen LogP contribution is -2.13. The molecule has 0 fully saturated rings. The number of nitrogens with zero attached hydrogens (tertiary/aromatic N) is 5. The van der Waals surface area contributed by atoms with Gasteiger partial charge in [0.25, 0.3) is 11.6 Å². The Bertz CT molecular complexity index is 1070. The van der Waals surface area contributed by atoms with Crippen molar-refractivity contribution in [1.82, 2.24) is 25.1 Å². The van der Waals surface area contributed by atoms with Crippen LogP contribution < -0.4 is 5.32 Å². The number of aromatic nitrogens is 5. The molecule has 1 N–H and O–H groups in total. The summed E-state index contributed by atoms with van der Waals surface area (Å²) in [6.07, 6.45) is 2.80. The average molecular weight is 338 g/mol. The van der Waals surface area contributed by atoms with Gasteiger partial charge in [0.15, 0.2) is 5.69 Å². The predicted octanol–water partition coefficient (Wildman–Crippen LogP) is 2.50. The van der Waals surface area contributed by atoms with Gasteiger partial charge < -0.3 is 9.84 Å². The van der Waals surface area contributed by atoms with Crippen LogP contribution in [0.25, 0.3) is 16.8 Å². The highest BCUT2D eigenvalue weighted by atomic mass is 19.1. The molecule has 124 valence electrons. The van der Waals surface area contributed by atoms with Crippen molar-refractivity contribution in [2.45, 2.75) is 6.92 Å². The maximum atomic E-state index is 13.0. The lowest BCUT2D eigenvalue weighted by molar-refractivity contribution is 0.102. The first kappa shape index (κ1) is 14.9. The van der Waals surface area contributed by atoms with Crippen LogP contribution in [0.4, 0.5) is 10.1 Å². The lowest BCUT2D eigenvalue weighted by atomic mass is 10.2. The van der Waals surface area contributed by atoms with Gasteiger partial charge in [0.2, 0.25) is 0 Å². The number of hydrogen-bond donors (Lipinski definition) is 1. The maximum absolute atomic E-state index is 13.0. The van der Waals surface area contributed by atoms with E-state index in [9.17, 15) is 9.18 Å². The molecule has 1 aromatic carbocycles. The van der Waals surface area contributed by atoms with E-state index in [2.05, 4.69) is 25.7 Å². The molecule has 4 rings (SSSR count). The Morgan fingerprint density at radius 1 is 1.24 bits per heavy atom. The quantitative estimate of drug-likeness (QED) is 0.616. The highest BCUT2D eigenvalue weighted by molar-refractivity contribution is 6.03. The number of hydrogen-bond acceptors (Lipinski definition) is 6. The van der Waals surface area contributed by atoms with E-state index in [1.807, 2.05) is 0 Å². The number of benzene rings is 1. The Balaban J connectivity index is 1.56. The smallest absolute Gasteiger partial charge is 0.277 e. The highest BCUT2D eigenvalue weighted by Crippen LogP contribution is 2.19.